The molecule has 4 amide bonds. The zero-order chi connectivity index (χ0) is 32.9. The Balaban J connectivity index is 1.72. The number of unbranched alkanes of at least 4 members (excludes halogenated alkanes) is 2. The molecule has 1 unspecified atom stereocenters. The van der Waals surface area contributed by atoms with Crippen LogP contribution in [0.3, 0.4) is 0 Å². The highest BCUT2D eigenvalue weighted by Gasteiger charge is 2.47. The number of nitrogens with two attached hydrogens (primary N) is 1. The van der Waals surface area contributed by atoms with Crippen molar-refractivity contribution < 1.29 is 22.8 Å². The first-order valence-corrected chi connectivity index (χ1v) is 17.0. The van der Waals surface area contributed by atoms with E-state index in [0.29, 0.717) is 49.3 Å². The van der Waals surface area contributed by atoms with Gasteiger partial charge in [-0.2, -0.15) is 0 Å². The van der Waals surface area contributed by atoms with E-state index < -0.39 is 21.8 Å². The number of urea groups is 1. The van der Waals surface area contributed by atoms with Crippen molar-refractivity contribution in [2.24, 2.45) is 0 Å². The number of fused-ring (bicyclic) bond motifs is 1. The monoisotopic (exact) mass is 673 g/mol. The molecule has 45 heavy (non-hydrogen) atoms. The number of sulfonamides is 1. The molecule has 0 aliphatic carbocycles. The number of nitrogens with zero attached hydrogens (tertiary/aromatic N) is 2. The van der Waals surface area contributed by atoms with Crippen LogP contribution in [0.4, 0.5) is 21.9 Å². The van der Waals surface area contributed by atoms with E-state index in [1.165, 1.54) is 31.2 Å². The molecule has 1 aliphatic rings. The van der Waals surface area contributed by atoms with Gasteiger partial charge in [0.05, 0.1) is 27.2 Å². The molecule has 10 nitrogen and oxygen atoms in total. The first-order chi connectivity index (χ1) is 21.4. The summed E-state index contributed by atoms with van der Waals surface area (Å²) < 4.78 is 29.1. The van der Waals surface area contributed by atoms with Crippen LogP contribution in [0, 0.1) is 0 Å². The molecule has 0 bridgehead atoms. The van der Waals surface area contributed by atoms with Crippen LogP contribution in [0.1, 0.15) is 62.6 Å². The van der Waals surface area contributed by atoms with Crippen LogP contribution in [0.25, 0.3) is 0 Å². The molecule has 4 N–H and O–H groups in total. The van der Waals surface area contributed by atoms with Gasteiger partial charge in [-0.1, -0.05) is 47.8 Å². The fourth-order valence-corrected chi connectivity index (χ4v) is 7.34. The number of nitrogens with one attached hydrogen (secondary N) is 2. The number of anilines is 3. The van der Waals surface area contributed by atoms with Crippen molar-refractivity contribution in [2.75, 3.05) is 35.0 Å². The number of rotatable bonds is 12. The second-order valence-corrected chi connectivity index (χ2v) is 13.3. The van der Waals surface area contributed by atoms with Gasteiger partial charge in [0.25, 0.3) is 15.9 Å². The summed E-state index contributed by atoms with van der Waals surface area (Å²) in [5.41, 5.74) is 8.52. The number of carbonyl (C=O) groups excluding carboxylic acids is 3. The zero-order valence-corrected chi connectivity index (χ0v) is 27.7. The molecule has 0 fully saturated rings. The molecular formula is C32H37Cl2N5O5S. The number of amides is 4. The van der Waals surface area contributed by atoms with E-state index in [4.69, 9.17) is 28.9 Å². The molecule has 0 saturated carbocycles. The average molecular weight is 675 g/mol. The molecule has 4 rings (SSSR count). The van der Waals surface area contributed by atoms with Gasteiger partial charge in [-0.25, -0.2) is 17.5 Å². The number of benzene rings is 3. The predicted octanol–water partition coefficient (Wildman–Crippen LogP) is 6.17. The Bertz CT molecular complexity index is 1690. The van der Waals surface area contributed by atoms with Crippen molar-refractivity contribution in [2.45, 2.75) is 57.3 Å². The van der Waals surface area contributed by atoms with Crippen molar-refractivity contribution in [1.82, 2.24) is 10.2 Å². The predicted molar refractivity (Wildman–Crippen MR) is 178 cm³/mol. The van der Waals surface area contributed by atoms with Gasteiger partial charge < -0.3 is 21.3 Å². The van der Waals surface area contributed by atoms with E-state index in [1.807, 2.05) is 13.8 Å². The molecule has 3 aromatic rings. The van der Waals surface area contributed by atoms with Crippen molar-refractivity contribution in [1.29, 1.82) is 0 Å². The second-order valence-electron chi connectivity index (χ2n) is 10.7. The van der Waals surface area contributed by atoms with Crippen LogP contribution >= 0.6 is 23.2 Å². The SMILES string of the molecule is CCN(CC)C(=O)Nc1ccc(S(=O)(=O)N2C(=O)C(c3ccccc3Cl)c3c2cc(CCCCCNC(C)=O)c(Cl)c3N)cc1. The minimum Gasteiger partial charge on any atom is -0.397 e. The van der Waals surface area contributed by atoms with Crippen LogP contribution < -0.4 is 20.7 Å². The molecule has 13 heteroatoms. The fraction of sp³-hybridized carbons (Fsp3) is 0.344. The molecule has 0 spiro atoms. The van der Waals surface area contributed by atoms with E-state index in [9.17, 15) is 22.8 Å². The molecule has 0 aromatic heterocycles. The number of aryl methyl sites for hydroxylation is 1. The number of halogens is 2. The lowest BCUT2D eigenvalue weighted by Gasteiger charge is -2.21. The minimum absolute atomic E-state index is 0.0949. The summed E-state index contributed by atoms with van der Waals surface area (Å²) in [6, 6.07) is 13.7. The van der Waals surface area contributed by atoms with Gasteiger partial charge in [-0.15, -0.1) is 0 Å². The Kier molecular flexibility index (Phi) is 11.0. The lowest BCUT2D eigenvalue weighted by atomic mass is 9.90. The third-order valence-electron chi connectivity index (χ3n) is 7.76. The molecule has 0 saturated heterocycles. The molecule has 1 aliphatic heterocycles. The highest BCUT2D eigenvalue weighted by atomic mass is 35.5. The van der Waals surface area contributed by atoms with Crippen molar-refractivity contribution in [3.63, 3.8) is 0 Å². The highest BCUT2D eigenvalue weighted by Crippen LogP contribution is 2.51. The third kappa shape index (κ3) is 7.21. The van der Waals surface area contributed by atoms with Crippen LogP contribution in [-0.2, 0) is 26.0 Å². The van der Waals surface area contributed by atoms with Crippen LogP contribution in [0.2, 0.25) is 10.0 Å². The quantitative estimate of drug-likeness (QED) is 0.155. The van der Waals surface area contributed by atoms with E-state index in [0.717, 1.165) is 17.1 Å². The van der Waals surface area contributed by atoms with Crippen LogP contribution in [0.15, 0.2) is 59.5 Å². The fourth-order valence-electron chi connectivity index (χ4n) is 5.40. The van der Waals surface area contributed by atoms with E-state index in [-0.39, 0.29) is 43.8 Å². The van der Waals surface area contributed by atoms with Gasteiger partial charge in [0, 0.05) is 42.8 Å². The number of hydrogen-bond acceptors (Lipinski definition) is 6. The van der Waals surface area contributed by atoms with Gasteiger partial charge in [-0.05, 0) is 80.6 Å². The number of carbonyl (C=O) groups is 3. The molecule has 0 radical (unpaired) electrons. The smallest absolute Gasteiger partial charge is 0.321 e. The Morgan fingerprint density at radius 1 is 1.00 bits per heavy atom. The number of hydrogen-bond donors (Lipinski definition) is 3. The summed E-state index contributed by atoms with van der Waals surface area (Å²) in [7, 11) is -4.43. The Morgan fingerprint density at radius 3 is 2.29 bits per heavy atom. The standard InChI is InChI=1S/C32H37Cl2N5O5S/c1-4-38(5-2)32(42)37-22-14-16-23(17-15-22)45(43,44)39-26-19-21(11-7-6-10-18-36-20(3)40)29(34)30(35)28(26)27(31(39)41)24-12-8-9-13-25(24)33/h8-9,12-17,19,27H,4-7,10-11,18,35H2,1-3H3,(H,36,40)(H,37,42). The summed E-state index contributed by atoms with van der Waals surface area (Å²) in [5, 5.41) is 6.06. The Morgan fingerprint density at radius 2 is 1.67 bits per heavy atom. The molecule has 1 atom stereocenters. The topological polar surface area (TPSA) is 142 Å². The first-order valence-electron chi connectivity index (χ1n) is 14.8. The van der Waals surface area contributed by atoms with Gasteiger partial charge >= 0.3 is 6.03 Å². The average Bonchev–Trinajstić information content (AvgIpc) is 3.30. The van der Waals surface area contributed by atoms with Gasteiger partial charge in [0.1, 0.15) is 0 Å². The van der Waals surface area contributed by atoms with Gasteiger partial charge in [0.2, 0.25) is 5.91 Å². The van der Waals surface area contributed by atoms with Gasteiger partial charge in [0.15, 0.2) is 0 Å². The summed E-state index contributed by atoms with van der Waals surface area (Å²) in [6.07, 6.45) is 2.73. The largest absolute Gasteiger partial charge is 0.397 e. The maximum Gasteiger partial charge on any atom is 0.321 e. The third-order valence-corrected chi connectivity index (χ3v) is 10.3. The van der Waals surface area contributed by atoms with Crippen molar-refractivity contribution in [3.05, 3.63) is 81.3 Å². The lowest BCUT2D eigenvalue weighted by Crippen LogP contribution is -2.35. The maximum absolute atomic E-state index is 14.2. The molecular weight excluding hydrogens is 637 g/mol. The van der Waals surface area contributed by atoms with Crippen molar-refractivity contribution in [3.8, 4) is 0 Å². The first kappa shape index (κ1) is 34.1. The molecule has 1 heterocycles. The highest BCUT2D eigenvalue weighted by molar-refractivity contribution is 7.93. The van der Waals surface area contributed by atoms with E-state index in [2.05, 4.69) is 10.6 Å². The van der Waals surface area contributed by atoms with E-state index >= 15 is 0 Å². The lowest BCUT2D eigenvalue weighted by molar-refractivity contribution is -0.119. The molecule has 240 valence electrons. The summed E-state index contributed by atoms with van der Waals surface area (Å²) in [4.78, 5) is 39.2. The summed E-state index contributed by atoms with van der Waals surface area (Å²) >= 11 is 13.3. The summed E-state index contributed by atoms with van der Waals surface area (Å²) in [5.74, 6) is -1.92. The normalized spacial score (nSPS) is 14.3. The van der Waals surface area contributed by atoms with Crippen molar-refractivity contribution >= 4 is 68.1 Å². The zero-order valence-electron chi connectivity index (χ0n) is 25.4. The summed E-state index contributed by atoms with van der Waals surface area (Å²) in [6.45, 7) is 6.77. The maximum atomic E-state index is 14.2. The van der Waals surface area contributed by atoms with Crippen LogP contribution in [0.5, 0.6) is 0 Å². The number of nitrogen functional groups attached to an aromatic ring is 1. The Hall–Kier alpha value is -3.80. The second kappa shape index (κ2) is 14.5. The van der Waals surface area contributed by atoms with Crippen LogP contribution in [-0.4, -0.2) is 50.8 Å². The molecule has 3 aromatic carbocycles. The van der Waals surface area contributed by atoms with E-state index in [1.54, 1.807) is 35.2 Å². The van der Waals surface area contributed by atoms with Gasteiger partial charge in [-0.3, -0.25) is 9.59 Å². The minimum atomic E-state index is -4.43. The Labute approximate surface area is 273 Å².